The fraction of sp³-hybridized carbons (Fsp3) is 1.00. The largest absolute Gasteiger partial charge is 0.0628 e. The highest BCUT2D eigenvalue weighted by atomic mass is 14.0. The maximum Gasteiger partial charge on any atom is 0.0272 e. The zero-order chi connectivity index (χ0) is 7.65. The van der Waals surface area contributed by atoms with Gasteiger partial charge in [0.15, 0.2) is 0 Å². The monoisotopic (exact) mass is 102 g/mol. The molecule has 0 aliphatic carbocycles. The van der Waals surface area contributed by atoms with E-state index >= 15 is 0 Å². The molecule has 0 N–H and O–H groups in total. The van der Waals surface area contributed by atoms with E-state index in [4.69, 9.17) is 2.74 Å². The minimum atomic E-state index is -1.00. The molecule has 0 heterocycles. The molecule has 7 heavy (non-hydrogen) atoms. The van der Waals surface area contributed by atoms with E-state index in [1.165, 1.54) is 0 Å². The van der Waals surface area contributed by atoms with E-state index in [1.54, 1.807) is 0 Å². The van der Waals surface area contributed by atoms with Gasteiger partial charge in [-0.15, -0.1) is 0 Å². The Morgan fingerprint density at radius 2 is 1.43 bits per heavy atom. The molecule has 0 aromatic heterocycles. The molecule has 0 heteroatoms. The van der Waals surface area contributed by atoms with E-state index in [2.05, 4.69) is 0 Å². The summed E-state index contributed by atoms with van der Waals surface area (Å²) in [5.74, 6) is 0.245. The lowest BCUT2D eigenvalue weighted by Gasteiger charge is -2.05. The van der Waals surface area contributed by atoms with Crippen molar-refractivity contribution in [1.29, 1.82) is 0 Å². The zero-order valence-electron chi connectivity index (χ0n) is 7.65. The van der Waals surface area contributed by atoms with Gasteiger partial charge in [-0.05, 0) is 18.2 Å². The predicted octanol–water partition coefficient (Wildman–Crippen LogP) is 2.69. The van der Waals surface area contributed by atoms with Gasteiger partial charge >= 0.3 is 0 Å². The van der Waals surface area contributed by atoms with Gasteiger partial charge in [-0.25, -0.2) is 0 Å². The molecular formula is C7H16. The minimum Gasteiger partial charge on any atom is -0.0628 e. The lowest BCUT2D eigenvalue weighted by Crippen LogP contribution is -1.93. The normalized spacial score (nSPS) is 17.4. The third-order valence-corrected chi connectivity index (χ3v) is 0.667. The first kappa shape index (κ1) is 3.94. The van der Waals surface area contributed by atoms with Crippen LogP contribution in [0.25, 0.3) is 0 Å². The Kier molecular flexibility index (Phi) is 1.72. The maximum atomic E-state index is 7.50. The van der Waals surface area contributed by atoms with E-state index in [0.717, 1.165) is 0 Å². The van der Waals surface area contributed by atoms with Crippen LogP contribution in [0.1, 0.15) is 36.8 Å². The lowest BCUT2D eigenvalue weighted by atomic mass is 10.0. The van der Waals surface area contributed by atoms with Crippen LogP contribution in [-0.4, -0.2) is 0 Å². The van der Waals surface area contributed by atoms with Gasteiger partial charge in [0.05, 0.1) is 0 Å². The SMILES string of the molecule is [2H]C([2H])(C(C)C)C(C)C. The second kappa shape index (κ2) is 3.06. The van der Waals surface area contributed by atoms with Crippen LogP contribution in [0, 0.1) is 11.8 Å². The Labute approximate surface area is 49.7 Å². The first-order chi connectivity index (χ1) is 3.89. The van der Waals surface area contributed by atoms with E-state index in [-0.39, 0.29) is 11.8 Å². The summed E-state index contributed by atoms with van der Waals surface area (Å²) in [6.07, 6.45) is -1.00. The summed E-state index contributed by atoms with van der Waals surface area (Å²) in [7, 11) is 0. The summed E-state index contributed by atoms with van der Waals surface area (Å²) in [4.78, 5) is 0. The lowest BCUT2D eigenvalue weighted by molar-refractivity contribution is 0.469. The van der Waals surface area contributed by atoms with Crippen LogP contribution in [0.2, 0.25) is 0 Å². The highest BCUT2D eigenvalue weighted by Gasteiger charge is 1.95. The summed E-state index contributed by atoms with van der Waals surface area (Å²) in [6, 6.07) is 0. The van der Waals surface area contributed by atoms with Gasteiger partial charge in [-0.2, -0.15) is 0 Å². The van der Waals surface area contributed by atoms with Crippen LogP contribution in [0.15, 0.2) is 0 Å². The van der Waals surface area contributed by atoms with Gasteiger partial charge in [0.25, 0.3) is 0 Å². The van der Waals surface area contributed by atoms with Crippen LogP contribution in [0.3, 0.4) is 0 Å². The number of hydrogen-bond donors (Lipinski definition) is 0. The van der Waals surface area contributed by atoms with Gasteiger partial charge in [0, 0.05) is 2.74 Å². The fourth-order valence-corrected chi connectivity index (χ4v) is 0.667. The van der Waals surface area contributed by atoms with E-state index in [1.807, 2.05) is 27.7 Å². The van der Waals surface area contributed by atoms with Gasteiger partial charge in [0.2, 0.25) is 0 Å². The average molecular weight is 102 g/mol. The Hall–Kier alpha value is 0. The third kappa shape index (κ3) is 6.00. The van der Waals surface area contributed by atoms with Gasteiger partial charge in [0.1, 0.15) is 0 Å². The third-order valence-electron chi connectivity index (χ3n) is 0.667. The van der Waals surface area contributed by atoms with Crippen LogP contribution in [-0.2, 0) is 0 Å². The Balaban J connectivity index is 4.01. The standard InChI is InChI=1S/C7H16/c1-6(2)5-7(3)4/h6-7H,5H2,1-4H3/i5D2. The molecule has 0 bridgehead atoms. The van der Waals surface area contributed by atoms with Crippen molar-refractivity contribution in [3.8, 4) is 0 Å². The van der Waals surface area contributed by atoms with E-state index in [9.17, 15) is 0 Å². The molecule has 0 amide bonds. The molecule has 0 aliphatic rings. The Morgan fingerprint density at radius 3 is 1.43 bits per heavy atom. The fourth-order valence-electron chi connectivity index (χ4n) is 0.667. The van der Waals surface area contributed by atoms with Crippen LogP contribution >= 0.6 is 0 Å². The van der Waals surface area contributed by atoms with Crippen molar-refractivity contribution >= 4 is 0 Å². The van der Waals surface area contributed by atoms with Crippen molar-refractivity contribution in [2.24, 2.45) is 11.8 Å². The van der Waals surface area contributed by atoms with Gasteiger partial charge in [-0.1, -0.05) is 27.7 Å². The minimum absolute atomic E-state index is 0.123. The molecule has 0 radical (unpaired) electrons. The molecule has 0 aromatic carbocycles. The molecular weight excluding hydrogens is 84.1 g/mol. The van der Waals surface area contributed by atoms with E-state index < -0.39 is 6.37 Å². The first-order valence-corrected chi connectivity index (χ1v) is 2.89. The molecule has 0 fully saturated rings. The molecule has 0 aliphatic heterocycles. The topological polar surface area (TPSA) is 0 Å². The second-order valence-electron chi connectivity index (χ2n) is 2.48. The molecule has 0 atom stereocenters. The van der Waals surface area contributed by atoms with Crippen molar-refractivity contribution in [2.75, 3.05) is 0 Å². The summed E-state index contributed by atoms with van der Waals surface area (Å²) in [5.41, 5.74) is 0. The predicted molar refractivity (Wildman–Crippen MR) is 34.3 cm³/mol. The van der Waals surface area contributed by atoms with Crippen molar-refractivity contribution < 1.29 is 2.74 Å². The smallest absolute Gasteiger partial charge is 0.0272 e. The molecule has 0 nitrogen and oxygen atoms in total. The quantitative estimate of drug-likeness (QED) is 0.503. The second-order valence-corrected chi connectivity index (χ2v) is 2.48. The molecule has 0 aromatic rings. The molecule has 0 saturated heterocycles. The van der Waals surface area contributed by atoms with Gasteiger partial charge in [-0.3, -0.25) is 0 Å². The molecule has 0 saturated carbocycles. The van der Waals surface area contributed by atoms with Crippen LogP contribution in [0.4, 0.5) is 0 Å². The summed E-state index contributed by atoms with van der Waals surface area (Å²) in [5, 5.41) is 0. The van der Waals surface area contributed by atoms with Crippen LogP contribution in [0.5, 0.6) is 0 Å². The van der Waals surface area contributed by atoms with Gasteiger partial charge < -0.3 is 0 Å². The zero-order valence-corrected chi connectivity index (χ0v) is 5.65. The average Bonchev–Trinajstić information content (AvgIpc) is 1.65. The molecule has 0 unspecified atom stereocenters. The summed E-state index contributed by atoms with van der Waals surface area (Å²) < 4.78 is 15.0. The van der Waals surface area contributed by atoms with Crippen LogP contribution < -0.4 is 0 Å². The Morgan fingerprint density at radius 1 is 1.14 bits per heavy atom. The number of hydrogen-bond acceptors (Lipinski definition) is 0. The first-order valence-electron chi connectivity index (χ1n) is 3.89. The summed E-state index contributed by atoms with van der Waals surface area (Å²) >= 11 is 0. The maximum absolute atomic E-state index is 7.50. The van der Waals surface area contributed by atoms with Crippen molar-refractivity contribution in [1.82, 2.24) is 0 Å². The molecule has 0 spiro atoms. The molecule has 44 valence electrons. The number of rotatable bonds is 2. The highest BCUT2D eigenvalue weighted by Crippen LogP contribution is 2.08. The van der Waals surface area contributed by atoms with Crippen molar-refractivity contribution in [3.63, 3.8) is 0 Å². The summed E-state index contributed by atoms with van der Waals surface area (Å²) in [6.45, 7) is 7.67. The van der Waals surface area contributed by atoms with E-state index in [0.29, 0.717) is 0 Å². The molecule has 0 rings (SSSR count). The van der Waals surface area contributed by atoms with Crippen molar-refractivity contribution in [2.45, 2.75) is 34.1 Å². The Bertz CT molecular complexity index is 74.9. The van der Waals surface area contributed by atoms with Crippen molar-refractivity contribution in [3.05, 3.63) is 0 Å². The highest BCUT2D eigenvalue weighted by molar-refractivity contribution is 4.47.